The van der Waals surface area contributed by atoms with Crippen LogP contribution in [-0.2, 0) is 13.6 Å². The summed E-state index contributed by atoms with van der Waals surface area (Å²) in [7, 11) is 5.46. The van der Waals surface area contributed by atoms with Crippen molar-refractivity contribution in [1.82, 2.24) is 20.3 Å². The summed E-state index contributed by atoms with van der Waals surface area (Å²) in [6.45, 7) is 0.750. The number of halogens is 1. The predicted molar refractivity (Wildman–Crippen MR) is 73.5 cm³/mol. The summed E-state index contributed by atoms with van der Waals surface area (Å²) in [4.78, 5) is 0. The van der Waals surface area contributed by atoms with Crippen molar-refractivity contribution in [1.29, 1.82) is 0 Å². The first-order valence-corrected chi connectivity index (χ1v) is 6.33. The molecule has 6 heteroatoms. The van der Waals surface area contributed by atoms with E-state index in [1.807, 2.05) is 26.2 Å². The Hall–Kier alpha value is -1.40. The number of nitrogens with one attached hydrogen (secondary N) is 1. The smallest absolute Gasteiger partial charge is 0.156 e. The molecule has 0 aliphatic carbocycles. The molecule has 0 aliphatic rings. The third kappa shape index (κ3) is 2.39. The number of rotatable bonds is 4. The first-order valence-electron chi connectivity index (χ1n) is 5.54. The van der Waals surface area contributed by atoms with E-state index in [2.05, 4.69) is 37.6 Å². The van der Waals surface area contributed by atoms with Gasteiger partial charge in [0.15, 0.2) is 4.60 Å². The largest absolute Gasteiger partial charge is 0.496 e. The second-order valence-corrected chi connectivity index (χ2v) is 4.66. The van der Waals surface area contributed by atoms with Crippen LogP contribution >= 0.6 is 15.9 Å². The van der Waals surface area contributed by atoms with E-state index in [-0.39, 0.29) is 0 Å². The molecule has 1 heterocycles. The number of nitrogens with zero attached hydrogens (tertiary/aromatic N) is 3. The molecule has 1 N–H and O–H groups in total. The van der Waals surface area contributed by atoms with Crippen LogP contribution in [0.1, 0.15) is 5.56 Å². The summed E-state index contributed by atoms with van der Waals surface area (Å²) in [6, 6.07) is 6.04. The predicted octanol–water partition coefficient (Wildman–Crippen LogP) is 1.97. The molecular formula is C12H15BrN4O. The number of methoxy groups -OCH3 is 1. The summed E-state index contributed by atoms with van der Waals surface area (Å²) >= 11 is 3.41. The van der Waals surface area contributed by atoms with Crippen molar-refractivity contribution >= 4 is 15.9 Å². The van der Waals surface area contributed by atoms with Gasteiger partial charge in [0, 0.05) is 24.7 Å². The molecule has 0 unspecified atom stereocenters. The van der Waals surface area contributed by atoms with Crippen LogP contribution < -0.4 is 10.1 Å². The van der Waals surface area contributed by atoms with Gasteiger partial charge in [0.1, 0.15) is 11.4 Å². The van der Waals surface area contributed by atoms with Gasteiger partial charge in [-0.3, -0.25) is 0 Å². The fourth-order valence-electron chi connectivity index (χ4n) is 1.89. The molecule has 1 aromatic heterocycles. The average molecular weight is 311 g/mol. The van der Waals surface area contributed by atoms with Crippen molar-refractivity contribution < 1.29 is 4.74 Å². The number of aryl methyl sites for hydroxylation is 1. The molecule has 0 radical (unpaired) electrons. The molecule has 0 saturated carbocycles. The first-order chi connectivity index (χ1) is 8.67. The lowest BCUT2D eigenvalue weighted by atomic mass is 10.1. The molecule has 5 nitrogen and oxygen atoms in total. The standard InChI is InChI=1S/C12H15BrN4O/c1-14-7-9-6-8(4-5-10(9)18-3)11-12(13)15-16-17(11)2/h4-6,14H,7H2,1-3H3. The highest BCUT2D eigenvalue weighted by atomic mass is 79.9. The van der Waals surface area contributed by atoms with Crippen LogP contribution in [-0.4, -0.2) is 29.2 Å². The molecule has 0 fully saturated rings. The second kappa shape index (κ2) is 5.49. The zero-order valence-electron chi connectivity index (χ0n) is 10.6. The minimum Gasteiger partial charge on any atom is -0.496 e. The van der Waals surface area contributed by atoms with E-state index in [4.69, 9.17) is 4.74 Å². The van der Waals surface area contributed by atoms with Gasteiger partial charge >= 0.3 is 0 Å². The Kier molecular flexibility index (Phi) is 3.98. The van der Waals surface area contributed by atoms with Crippen LogP contribution in [0.2, 0.25) is 0 Å². The van der Waals surface area contributed by atoms with Gasteiger partial charge in [0.2, 0.25) is 0 Å². The van der Waals surface area contributed by atoms with Crippen molar-refractivity contribution in [2.24, 2.45) is 7.05 Å². The highest BCUT2D eigenvalue weighted by molar-refractivity contribution is 9.10. The lowest BCUT2D eigenvalue weighted by Gasteiger charge is -2.10. The van der Waals surface area contributed by atoms with Crippen molar-refractivity contribution in [2.75, 3.05) is 14.2 Å². The van der Waals surface area contributed by atoms with Crippen LogP contribution in [0.15, 0.2) is 22.8 Å². The van der Waals surface area contributed by atoms with E-state index in [9.17, 15) is 0 Å². The van der Waals surface area contributed by atoms with Crippen LogP contribution in [0.3, 0.4) is 0 Å². The maximum absolute atomic E-state index is 5.34. The van der Waals surface area contributed by atoms with E-state index in [0.717, 1.165) is 33.7 Å². The van der Waals surface area contributed by atoms with Crippen LogP contribution in [0.4, 0.5) is 0 Å². The van der Waals surface area contributed by atoms with Gasteiger partial charge < -0.3 is 10.1 Å². The molecule has 96 valence electrons. The highest BCUT2D eigenvalue weighted by Gasteiger charge is 2.12. The molecule has 0 saturated heterocycles. The summed E-state index contributed by atoms with van der Waals surface area (Å²) in [5, 5.41) is 11.1. The first kappa shape index (κ1) is 13.0. The van der Waals surface area contributed by atoms with Crippen LogP contribution in [0.5, 0.6) is 5.75 Å². The summed E-state index contributed by atoms with van der Waals surface area (Å²) in [5.41, 5.74) is 3.11. The molecule has 2 rings (SSSR count). The fourth-order valence-corrected chi connectivity index (χ4v) is 2.45. The maximum Gasteiger partial charge on any atom is 0.156 e. The van der Waals surface area contributed by atoms with Gasteiger partial charge in [-0.15, -0.1) is 5.10 Å². The van der Waals surface area contributed by atoms with Gasteiger partial charge in [-0.2, -0.15) is 0 Å². The SMILES string of the molecule is CNCc1cc(-c2c(Br)nnn2C)ccc1OC. The minimum absolute atomic E-state index is 0.741. The van der Waals surface area contributed by atoms with Gasteiger partial charge in [0.25, 0.3) is 0 Å². The van der Waals surface area contributed by atoms with Crippen molar-refractivity contribution in [3.05, 3.63) is 28.4 Å². The molecule has 0 bridgehead atoms. The van der Waals surface area contributed by atoms with E-state index < -0.39 is 0 Å². The molecule has 2 aromatic rings. The average Bonchev–Trinajstić information content (AvgIpc) is 2.69. The number of aromatic nitrogens is 3. The Bertz CT molecular complexity index is 534. The van der Waals surface area contributed by atoms with Crippen molar-refractivity contribution in [3.63, 3.8) is 0 Å². The summed E-state index contributed by atoms with van der Waals surface area (Å²) < 4.78 is 7.83. The topological polar surface area (TPSA) is 52.0 Å². The van der Waals surface area contributed by atoms with Gasteiger partial charge in [0.05, 0.1) is 7.11 Å². The molecule has 0 aliphatic heterocycles. The van der Waals surface area contributed by atoms with E-state index in [0.29, 0.717) is 0 Å². The number of ether oxygens (including phenoxy) is 1. The lowest BCUT2D eigenvalue weighted by molar-refractivity contribution is 0.408. The second-order valence-electron chi connectivity index (χ2n) is 3.91. The minimum atomic E-state index is 0.741. The third-order valence-electron chi connectivity index (χ3n) is 2.71. The molecule has 18 heavy (non-hydrogen) atoms. The summed E-state index contributed by atoms with van der Waals surface area (Å²) in [6.07, 6.45) is 0. The number of benzene rings is 1. The molecule has 0 amide bonds. The zero-order chi connectivity index (χ0) is 13.1. The van der Waals surface area contributed by atoms with Gasteiger partial charge in [-0.05, 0) is 41.2 Å². The number of hydrogen-bond donors (Lipinski definition) is 1. The van der Waals surface area contributed by atoms with Gasteiger partial charge in [-0.1, -0.05) is 5.21 Å². The quantitative estimate of drug-likeness (QED) is 0.938. The monoisotopic (exact) mass is 310 g/mol. The molecule has 0 spiro atoms. The zero-order valence-corrected chi connectivity index (χ0v) is 12.2. The van der Waals surface area contributed by atoms with Crippen LogP contribution in [0, 0.1) is 0 Å². The Morgan fingerprint density at radius 2 is 2.22 bits per heavy atom. The number of hydrogen-bond acceptors (Lipinski definition) is 4. The molecule has 1 aromatic carbocycles. The van der Waals surface area contributed by atoms with Crippen molar-refractivity contribution in [3.8, 4) is 17.0 Å². The van der Waals surface area contributed by atoms with E-state index >= 15 is 0 Å². The Labute approximate surface area is 114 Å². The highest BCUT2D eigenvalue weighted by Crippen LogP contribution is 2.29. The molecule has 0 atom stereocenters. The normalized spacial score (nSPS) is 10.7. The maximum atomic E-state index is 5.34. The van der Waals surface area contributed by atoms with E-state index in [1.165, 1.54) is 0 Å². The molecular weight excluding hydrogens is 296 g/mol. The summed E-state index contributed by atoms with van der Waals surface area (Å²) in [5.74, 6) is 0.874. The Balaban J connectivity index is 2.50. The van der Waals surface area contributed by atoms with E-state index in [1.54, 1.807) is 11.8 Å². The van der Waals surface area contributed by atoms with Crippen molar-refractivity contribution in [2.45, 2.75) is 6.54 Å². The lowest BCUT2D eigenvalue weighted by Crippen LogP contribution is -2.07. The third-order valence-corrected chi connectivity index (χ3v) is 3.24. The van der Waals surface area contributed by atoms with Gasteiger partial charge in [-0.25, -0.2) is 4.68 Å². The Morgan fingerprint density at radius 3 is 2.78 bits per heavy atom. The fraction of sp³-hybridized carbons (Fsp3) is 0.333. The van der Waals surface area contributed by atoms with Crippen LogP contribution in [0.25, 0.3) is 11.3 Å². The Morgan fingerprint density at radius 1 is 1.44 bits per heavy atom.